The lowest BCUT2D eigenvalue weighted by Gasteiger charge is -2.14. The van der Waals surface area contributed by atoms with Crippen LogP contribution in [0.3, 0.4) is 0 Å². The number of rotatable bonds is 5. The van der Waals surface area contributed by atoms with Gasteiger partial charge in [0.15, 0.2) is 0 Å². The monoisotopic (exact) mass is 359 g/mol. The van der Waals surface area contributed by atoms with Crippen molar-refractivity contribution in [1.82, 2.24) is 9.78 Å². The van der Waals surface area contributed by atoms with Gasteiger partial charge in [0.1, 0.15) is 17.3 Å². The topological polar surface area (TPSA) is 53.1 Å². The highest BCUT2D eigenvalue weighted by molar-refractivity contribution is 5.85. The first-order chi connectivity index (χ1) is 13.3. The van der Waals surface area contributed by atoms with Crippen LogP contribution in [0.25, 0.3) is 16.8 Å². The fourth-order valence-electron chi connectivity index (χ4n) is 3.68. The van der Waals surface area contributed by atoms with E-state index in [0.29, 0.717) is 6.54 Å². The van der Waals surface area contributed by atoms with Crippen LogP contribution in [0.5, 0.6) is 5.75 Å². The van der Waals surface area contributed by atoms with Crippen LogP contribution < -0.4 is 10.5 Å². The molecule has 1 heterocycles. The summed E-state index contributed by atoms with van der Waals surface area (Å²) in [7, 11) is 1.68. The molecule has 4 heteroatoms. The zero-order valence-electron chi connectivity index (χ0n) is 15.7. The summed E-state index contributed by atoms with van der Waals surface area (Å²) in [4.78, 5) is 0. The van der Waals surface area contributed by atoms with Gasteiger partial charge in [-0.1, -0.05) is 48.5 Å². The molecule has 0 bridgehead atoms. The van der Waals surface area contributed by atoms with Gasteiger partial charge in [-0.15, -0.1) is 0 Å². The second-order valence-electron chi connectivity index (χ2n) is 6.96. The summed E-state index contributed by atoms with van der Waals surface area (Å²) in [6, 6.07) is 18.4. The number of benzene rings is 2. The standard InChI is InChI=1S/C23H25N3O/c1-27-20-14-12-17(13-15-20)16-26-23(24)21(18-8-4-2-5-9-18)22(25-26)19-10-6-3-7-11-19/h3,6-8,10-15H,2,4-5,9,16,24H2,1H3. The molecule has 0 saturated heterocycles. The predicted octanol–water partition coefficient (Wildman–Crippen LogP) is 5.15. The van der Waals surface area contributed by atoms with Crippen LogP contribution >= 0.6 is 0 Å². The molecule has 138 valence electrons. The van der Waals surface area contributed by atoms with E-state index in [1.165, 1.54) is 18.4 Å². The molecule has 4 nitrogen and oxygen atoms in total. The zero-order chi connectivity index (χ0) is 18.6. The number of aromatic nitrogens is 2. The third-order valence-electron chi connectivity index (χ3n) is 5.14. The molecular weight excluding hydrogens is 334 g/mol. The van der Waals surface area contributed by atoms with E-state index in [0.717, 1.165) is 46.8 Å². The summed E-state index contributed by atoms with van der Waals surface area (Å²) >= 11 is 0. The largest absolute Gasteiger partial charge is 0.497 e. The number of nitrogen functional groups attached to an aromatic ring is 1. The van der Waals surface area contributed by atoms with Crippen molar-refractivity contribution in [2.24, 2.45) is 0 Å². The molecule has 0 unspecified atom stereocenters. The Morgan fingerprint density at radius 1 is 1.04 bits per heavy atom. The molecule has 2 N–H and O–H groups in total. The van der Waals surface area contributed by atoms with Crippen LogP contribution in [0, 0.1) is 0 Å². The van der Waals surface area contributed by atoms with Gasteiger partial charge in [0, 0.05) is 11.1 Å². The number of hydrogen-bond donors (Lipinski definition) is 1. The first-order valence-corrected chi connectivity index (χ1v) is 9.50. The second kappa shape index (κ2) is 7.70. The van der Waals surface area contributed by atoms with E-state index in [1.807, 2.05) is 35.0 Å². The molecule has 0 radical (unpaired) electrons. The Bertz CT molecular complexity index is 940. The van der Waals surface area contributed by atoms with E-state index in [9.17, 15) is 0 Å². The van der Waals surface area contributed by atoms with Gasteiger partial charge in [0.05, 0.1) is 13.7 Å². The van der Waals surface area contributed by atoms with E-state index in [1.54, 1.807) is 7.11 Å². The Labute approximate surface area is 160 Å². The van der Waals surface area contributed by atoms with E-state index >= 15 is 0 Å². The average Bonchev–Trinajstić information content (AvgIpc) is 3.06. The highest BCUT2D eigenvalue weighted by Gasteiger charge is 2.21. The van der Waals surface area contributed by atoms with Crippen LogP contribution in [-0.4, -0.2) is 16.9 Å². The molecule has 0 fully saturated rings. The Morgan fingerprint density at radius 2 is 1.81 bits per heavy atom. The number of nitrogens with two attached hydrogens (primary N) is 1. The lowest BCUT2D eigenvalue weighted by atomic mass is 9.92. The summed E-state index contributed by atoms with van der Waals surface area (Å²) in [6.45, 7) is 0.642. The lowest BCUT2D eigenvalue weighted by molar-refractivity contribution is 0.414. The van der Waals surface area contributed by atoms with Gasteiger partial charge in [0.2, 0.25) is 0 Å². The van der Waals surface area contributed by atoms with E-state index in [-0.39, 0.29) is 0 Å². The molecule has 0 saturated carbocycles. The first kappa shape index (κ1) is 17.4. The van der Waals surface area contributed by atoms with Crippen molar-refractivity contribution >= 4 is 11.4 Å². The van der Waals surface area contributed by atoms with Gasteiger partial charge < -0.3 is 10.5 Å². The maximum atomic E-state index is 6.61. The van der Waals surface area contributed by atoms with Crippen LogP contribution in [0.2, 0.25) is 0 Å². The molecule has 0 spiro atoms. The van der Waals surface area contributed by atoms with Crippen LogP contribution in [-0.2, 0) is 6.54 Å². The third kappa shape index (κ3) is 3.61. The Hall–Kier alpha value is -3.01. The summed E-state index contributed by atoms with van der Waals surface area (Å²) in [5.74, 6) is 1.60. The summed E-state index contributed by atoms with van der Waals surface area (Å²) in [5, 5.41) is 4.91. The zero-order valence-corrected chi connectivity index (χ0v) is 15.7. The van der Waals surface area contributed by atoms with Crippen molar-refractivity contribution < 1.29 is 4.74 Å². The van der Waals surface area contributed by atoms with Crippen LogP contribution in [0.4, 0.5) is 5.82 Å². The highest BCUT2D eigenvalue weighted by atomic mass is 16.5. The van der Waals surface area contributed by atoms with Crippen molar-refractivity contribution in [3.63, 3.8) is 0 Å². The minimum Gasteiger partial charge on any atom is -0.497 e. The molecule has 2 aromatic carbocycles. The quantitative estimate of drug-likeness (QED) is 0.686. The molecule has 0 aliphatic heterocycles. The summed E-state index contributed by atoms with van der Waals surface area (Å²) < 4.78 is 7.17. The van der Waals surface area contributed by atoms with E-state index in [2.05, 4.69) is 30.3 Å². The van der Waals surface area contributed by atoms with Crippen molar-refractivity contribution in [1.29, 1.82) is 0 Å². The van der Waals surface area contributed by atoms with Crippen LogP contribution in [0.1, 0.15) is 36.8 Å². The first-order valence-electron chi connectivity index (χ1n) is 9.50. The Kier molecular flexibility index (Phi) is 4.97. The molecule has 1 aliphatic rings. The summed E-state index contributed by atoms with van der Waals surface area (Å²) in [5.41, 5.74) is 12.3. The number of nitrogens with zero attached hydrogens (tertiary/aromatic N) is 2. The molecule has 4 rings (SSSR count). The van der Waals surface area contributed by atoms with E-state index in [4.69, 9.17) is 15.6 Å². The Morgan fingerprint density at radius 3 is 2.48 bits per heavy atom. The summed E-state index contributed by atoms with van der Waals surface area (Å²) in [6.07, 6.45) is 6.99. The second-order valence-corrected chi connectivity index (χ2v) is 6.96. The predicted molar refractivity (Wildman–Crippen MR) is 111 cm³/mol. The van der Waals surface area contributed by atoms with Crippen molar-refractivity contribution in [2.45, 2.75) is 32.2 Å². The van der Waals surface area contributed by atoms with Crippen LogP contribution in [0.15, 0.2) is 60.7 Å². The minimum atomic E-state index is 0.642. The molecule has 1 aromatic heterocycles. The average molecular weight is 359 g/mol. The number of hydrogen-bond acceptors (Lipinski definition) is 3. The number of methoxy groups -OCH3 is 1. The van der Waals surface area contributed by atoms with Gasteiger partial charge in [-0.05, 0) is 49.0 Å². The fraction of sp³-hybridized carbons (Fsp3) is 0.261. The fourth-order valence-corrected chi connectivity index (χ4v) is 3.68. The van der Waals surface area contributed by atoms with Gasteiger partial charge in [-0.25, -0.2) is 4.68 Å². The maximum absolute atomic E-state index is 6.61. The van der Waals surface area contributed by atoms with Gasteiger partial charge in [0.25, 0.3) is 0 Å². The molecule has 1 aliphatic carbocycles. The van der Waals surface area contributed by atoms with Gasteiger partial charge in [-0.3, -0.25) is 0 Å². The molecular formula is C23H25N3O. The van der Waals surface area contributed by atoms with E-state index < -0.39 is 0 Å². The molecule has 0 atom stereocenters. The maximum Gasteiger partial charge on any atom is 0.130 e. The minimum absolute atomic E-state index is 0.642. The normalized spacial score (nSPS) is 14.0. The highest BCUT2D eigenvalue weighted by Crippen LogP contribution is 2.37. The number of allylic oxidation sites excluding steroid dienone is 2. The third-order valence-corrected chi connectivity index (χ3v) is 5.14. The smallest absolute Gasteiger partial charge is 0.130 e. The SMILES string of the molecule is COc1ccc(Cn2nc(-c3ccccc3)c(C3=CCCCC3)c2N)cc1. The molecule has 27 heavy (non-hydrogen) atoms. The number of anilines is 1. The van der Waals surface area contributed by atoms with Crippen molar-refractivity contribution in [3.05, 3.63) is 71.8 Å². The number of ether oxygens (including phenoxy) is 1. The van der Waals surface area contributed by atoms with Crippen molar-refractivity contribution in [2.75, 3.05) is 12.8 Å². The molecule has 3 aromatic rings. The molecule has 0 amide bonds. The lowest BCUT2D eigenvalue weighted by Crippen LogP contribution is -2.07. The van der Waals surface area contributed by atoms with Crippen molar-refractivity contribution in [3.8, 4) is 17.0 Å². The van der Waals surface area contributed by atoms with Gasteiger partial charge in [-0.2, -0.15) is 5.10 Å². The van der Waals surface area contributed by atoms with Gasteiger partial charge >= 0.3 is 0 Å². The Balaban J connectivity index is 1.76.